The fraction of sp³-hybridized carbons (Fsp3) is 0.364. The minimum absolute atomic E-state index is 0.0381. The molecule has 2 aromatic carbocycles. The number of nitrogens with zero attached hydrogens (tertiary/aromatic N) is 3. The summed E-state index contributed by atoms with van der Waals surface area (Å²) in [5.41, 5.74) is 12.0. The molecule has 0 spiro atoms. The Labute approximate surface area is 225 Å². The molecule has 0 bridgehead atoms. The van der Waals surface area contributed by atoms with Crippen LogP contribution in [0.15, 0.2) is 48.8 Å². The summed E-state index contributed by atoms with van der Waals surface area (Å²) in [6, 6.07) is 15.7. The zero-order valence-corrected chi connectivity index (χ0v) is 24.4. The van der Waals surface area contributed by atoms with Gasteiger partial charge in [-0.25, -0.2) is 9.97 Å². The third-order valence-electron chi connectivity index (χ3n) is 6.99. The van der Waals surface area contributed by atoms with Crippen molar-refractivity contribution in [1.29, 1.82) is 0 Å². The molecule has 0 unspecified atom stereocenters. The van der Waals surface area contributed by atoms with E-state index in [2.05, 4.69) is 105 Å². The summed E-state index contributed by atoms with van der Waals surface area (Å²) in [5, 5.41) is 1.15. The van der Waals surface area contributed by atoms with Gasteiger partial charge in [0.25, 0.3) is 0 Å². The monoisotopic (exact) mass is 507 g/mol. The second-order valence-electron chi connectivity index (χ2n) is 12.6. The molecule has 3 aromatic heterocycles. The maximum atomic E-state index is 4.91. The van der Waals surface area contributed by atoms with E-state index in [1.807, 2.05) is 11.3 Å². The first kappa shape index (κ1) is 25.5. The standard InChI is InChI=1S/C33H37N3S/c1-19-14-22(17-32(4,5)6)11-13-25(19)30-21(3)27-31(37-30)29(35-18-34-27)24-15-23-12-10-20(2)36-28(23)26(16-24)33(7,8)9/h10-16,18H,17H2,1-9H3. The van der Waals surface area contributed by atoms with Crippen molar-refractivity contribution < 1.29 is 0 Å². The van der Waals surface area contributed by atoms with Crippen LogP contribution in [0.3, 0.4) is 0 Å². The van der Waals surface area contributed by atoms with Crippen LogP contribution in [0.25, 0.3) is 42.8 Å². The van der Waals surface area contributed by atoms with Gasteiger partial charge in [0, 0.05) is 21.5 Å². The van der Waals surface area contributed by atoms with Crippen molar-refractivity contribution in [1.82, 2.24) is 15.0 Å². The van der Waals surface area contributed by atoms with E-state index in [1.165, 1.54) is 32.7 Å². The molecule has 0 aliphatic carbocycles. The molecule has 3 nitrogen and oxygen atoms in total. The number of benzene rings is 2. The molecule has 5 aromatic rings. The van der Waals surface area contributed by atoms with Gasteiger partial charge in [-0.15, -0.1) is 11.3 Å². The van der Waals surface area contributed by atoms with E-state index in [1.54, 1.807) is 6.33 Å². The second-order valence-corrected chi connectivity index (χ2v) is 13.7. The first-order valence-corrected chi connectivity index (χ1v) is 13.9. The molecule has 37 heavy (non-hydrogen) atoms. The number of thiophene rings is 1. The van der Waals surface area contributed by atoms with Crippen molar-refractivity contribution in [2.24, 2.45) is 5.41 Å². The summed E-state index contributed by atoms with van der Waals surface area (Å²) in [5.74, 6) is 0. The lowest BCUT2D eigenvalue weighted by Gasteiger charge is -2.22. The number of pyridine rings is 1. The van der Waals surface area contributed by atoms with Gasteiger partial charge in [0.15, 0.2) is 0 Å². The molecular weight excluding hydrogens is 470 g/mol. The van der Waals surface area contributed by atoms with Gasteiger partial charge in [0.05, 0.1) is 21.4 Å². The normalized spacial score (nSPS) is 12.6. The van der Waals surface area contributed by atoms with Crippen molar-refractivity contribution in [3.05, 3.63) is 76.7 Å². The van der Waals surface area contributed by atoms with Crippen LogP contribution >= 0.6 is 11.3 Å². The lowest BCUT2D eigenvalue weighted by molar-refractivity contribution is 0.411. The van der Waals surface area contributed by atoms with Crippen LogP contribution < -0.4 is 0 Å². The molecule has 0 radical (unpaired) electrons. The molecule has 5 rings (SSSR count). The van der Waals surface area contributed by atoms with E-state index in [9.17, 15) is 0 Å². The fourth-order valence-electron chi connectivity index (χ4n) is 5.23. The van der Waals surface area contributed by atoms with E-state index in [0.717, 1.165) is 44.5 Å². The number of hydrogen-bond donors (Lipinski definition) is 0. The predicted octanol–water partition coefficient (Wildman–Crippen LogP) is 9.38. The van der Waals surface area contributed by atoms with E-state index >= 15 is 0 Å². The Kier molecular flexibility index (Phi) is 6.23. The van der Waals surface area contributed by atoms with E-state index in [0.29, 0.717) is 0 Å². The topological polar surface area (TPSA) is 38.7 Å². The van der Waals surface area contributed by atoms with Gasteiger partial charge in [0.1, 0.15) is 6.33 Å². The molecular formula is C33H37N3S. The first-order chi connectivity index (χ1) is 17.3. The summed E-state index contributed by atoms with van der Waals surface area (Å²) < 4.78 is 1.15. The Bertz CT molecular complexity index is 1650. The highest BCUT2D eigenvalue weighted by atomic mass is 32.1. The van der Waals surface area contributed by atoms with Gasteiger partial charge >= 0.3 is 0 Å². The van der Waals surface area contributed by atoms with Crippen molar-refractivity contribution in [2.45, 2.75) is 74.1 Å². The van der Waals surface area contributed by atoms with Crippen LogP contribution in [0, 0.1) is 26.2 Å². The van der Waals surface area contributed by atoms with Crippen molar-refractivity contribution in [2.75, 3.05) is 0 Å². The molecule has 0 aliphatic heterocycles. The third-order valence-corrected chi connectivity index (χ3v) is 8.31. The van der Waals surface area contributed by atoms with Crippen LogP contribution in [0.1, 0.15) is 69.5 Å². The van der Waals surface area contributed by atoms with Crippen molar-refractivity contribution in [3.8, 4) is 21.7 Å². The van der Waals surface area contributed by atoms with Crippen LogP contribution in [0.2, 0.25) is 0 Å². The Balaban J connectivity index is 1.69. The highest BCUT2D eigenvalue weighted by molar-refractivity contribution is 7.23. The van der Waals surface area contributed by atoms with Crippen LogP contribution in [-0.4, -0.2) is 15.0 Å². The quantitative estimate of drug-likeness (QED) is 0.244. The molecule has 0 amide bonds. The summed E-state index contributed by atoms with van der Waals surface area (Å²) >= 11 is 1.81. The van der Waals surface area contributed by atoms with Gasteiger partial charge in [-0.05, 0) is 84.0 Å². The van der Waals surface area contributed by atoms with Crippen LogP contribution in [-0.2, 0) is 11.8 Å². The maximum Gasteiger partial charge on any atom is 0.116 e. The molecule has 0 N–H and O–H groups in total. The minimum atomic E-state index is -0.0381. The largest absolute Gasteiger partial charge is 0.253 e. The van der Waals surface area contributed by atoms with E-state index in [4.69, 9.17) is 15.0 Å². The van der Waals surface area contributed by atoms with Crippen LogP contribution in [0.4, 0.5) is 0 Å². The fourth-order valence-corrected chi connectivity index (χ4v) is 6.59. The molecule has 0 atom stereocenters. The first-order valence-electron chi connectivity index (χ1n) is 13.1. The molecule has 4 heteroatoms. The minimum Gasteiger partial charge on any atom is -0.253 e. The Hall–Kier alpha value is -3.11. The number of hydrogen-bond acceptors (Lipinski definition) is 4. The summed E-state index contributed by atoms with van der Waals surface area (Å²) in [7, 11) is 0. The lowest BCUT2D eigenvalue weighted by Crippen LogP contribution is -2.13. The predicted molar refractivity (Wildman–Crippen MR) is 160 cm³/mol. The zero-order chi connectivity index (χ0) is 26.7. The average Bonchev–Trinajstić information content (AvgIpc) is 3.13. The number of aryl methyl sites for hydroxylation is 3. The third kappa shape index (κ3) is 4.92. The Morgan fingerprint density at radius 1 is 0.811 bits per heavy atom. The SMILES string of the molecule is Cc1ccc2cc(-c3ncnc4c(C)c(-c5ccc(CC(C)(C)C)cc5C)sc34)cc(C(C)(C)C)c2n1. The highest BCUT2D eigenvalue weighted by Crippen LogP contribution is 2.43. The highest BCUT2D eigenvalue weighted by Gasteiger charge is 2.23. The van der Waals surface area contributed by atoms with Gasteiger partial charge in [-0.3, -0.25) is 4.98 Å². The van der Waals surface area contributed by atoms with Gasteiger partial charge in [-0.1, -0.05) is 65.8 Å². The molecule has 3 heterocycles. The number of rotatable bonds is 3. The molecule has 0 saturated carbocycles. The van der Waals surface area contributed by atoms with E-state index in [-0.39, 0.29) is 10.8 Å². The smallest absolute Gasteiger partial charge is 0.116 e. The van der Waals surface area contributed by atoms with Gasteiger partial charge in [-0.2, -0.15) is 0 Å². The lowest BCUT2D eigenvalue weighted by atomic mass is 9.84. The van der Waals surface area contributed by atoms with Crippen molar-refractivity contribution in [3.63, 3.8) is 0 Å². The van der Waals surface area contributed by atoms with Crippen molar-refractivity contribution >= 4 is 32.5 Å². The molecule has 190 valence electrons. The molecule has 0 saturated heterocycles. The Morgan fingerprint density at radius 3 is 2.24 bits per heavy atom. The second kappa shape index (κ2) is 9.02. The maximum absolute atomic E-state index is 4.91. The van der Waals surface area contributed by atoms with E-state index < -0.39 is 0 Å². The summed E-state index contributed by atoms with van der Waals surface area (Å²) in [6.07, 6.45) is 2.79. The average molecular weight is 508 g/mol. The summed E-state index contributed by atoms with van der Waals surface area (Å²) in [6.45, 7) is 20.1. The molecule has 0 aliphatic rings. The number of aromatic nitrogens is 3. The van der Waals surface area contributed by atoms with Gasteiger partial charge in [0.2, 0.25) is 0 Å². The zero-order valence-electron chi connectivity index (χ0n) is 23.6. The van der Waals surface area contributed by atoms with Crippen LogP contribution in [0.5, 0.6) is 0 Å². The van der Waals surface area contributed by atoms with Gasteiger partial charge < -0.3 is 0 Å². The number of fused-ring (bicyclic) bond motifs is 2. The molecule has 0 fully saturated rings. The Morgan fingerprint density at radius 2 is 1.57 bits per heavy atom. The summed E-state index contributed by atoms with van der Waals surface area (Å²) in [4.78, 5) is 15.8.